The van der Waals surface area contributed by atoms with Gasteiger partial charge in [0.15, 0.2) is 4.47 Å². The smallest absolute Gasteiger partial charge is 0.184 e. The summed E-state index contributed by atoms with van der Waals surface area (Å²) in [6.45, 7) is 2.53. The van der Waals surface area contributed by atoms with E-state index < -0.39 is 0 Å². The van der Waals surface area contributed by atoms with Crippen LogP contribution in [0.5, 0.6) is 0 Å². The van der Waals surface area contributed by atoms with E-state index >= 15 is 0 Å². The van der Waals surface area contributed by atoms with Crippen molar-refractivity contribution in [3.05, 3.63) is 15.0 Å². The van der Waals surface area contributed by atoms with E-state index in [9.17, 15) is 0 Å². The molecule has 0 N–H and O–H groups in total. The third kappa shape index (κ3) is 1.68. The number of hydrogen-bond acceptors (Lipinski definition) is 3. The maximum atomic E-state index is 5.65. The molecule has 0 aliphatic rings. The second kappa shape index (κ2) is 3.32. The number of nitrogens with zero attached hydrogens (tertiary/aromatic N) is 1. The molecule has 0 bridgehead atoms. The molecule has 1 aromatic heterocycles. The van der Waals surface area contributed by atoms with E-state index in [0.29, 0.717) is 11.1 Å². The van der Waals surface area contributed by atoms with Crippen LogP contribution < -0.4 is 0 Å². The van der Waals surface area contributed by atoms with Crippen LogP contribution in [0.25, 0.3) is 0 Å². The summed E-state index contributed by atoms with van der Waals surface area (Å²) in [5.41, 5.74) is 0.969. The van der Waals surface area contributed by atoms with Gasteiger partial charge in [-0.25, -0.2) is 4.98 Å². The maximum Gasteiger partial charge on any atom is 0.184 e. The Morgan fingerprint density at radius 1 is 1.70 bits per heavy atom. The van der Waals surface area contributed by atoms with Gasteiger partial charge in [0.25, 0.3) is 0 Å². The molecule has 0 saturated heterocycles. The molecule has 0 aromatic carbocycles. The molecular formula is C6H8ClNOS. The van der Waals surface area contributed by atoms with Gasteiger partial charge in [-0.05, 0) is 6.92 Å². The summed E-state index contributed by atoms with van der Waals surface area (Å²) in [5, 5.41) is 0. The molecule has 1 rings (SSSR count). The Kier molecular flexibility index (Phi) is 2.65. The number of halogens is 1. The number of methoxy groups -OCH3 is 1. The zero-order chi connectivity index (χ0) is 7.56. The first kappa shape index (κ1) is 7.98. The lowest BCUT2D eigenvalue weighted by molar-refractivity contribution is 0.187. The molecule has 2 nitrogen and oxygen atoms in total. The van der Waals surface area contributed by atoms with Crippen molar-refractivity contribution < 1.29 is 4.74 Å². The van der Waals surface area contributed by atoms with Crippen LogP contribution in [0.15, 0.2) is 0 Å². The van der Waals surface area contributed by atoms with Crippen molar-refractivity contribution in [2.24, 2.45) is 0 Å². The Morgan fingerprint density at radius 2 is 2.40 bits per heavy atom. The zero-order valence-electron chi connectivity index (χ0n) is 5.85. The number of aromatic nitrogens is 1. The fraction of sp³-hybridized carbons (Fsp3) is 0.500. The predicted molar refractivity (Wildman–Crippen MR) is 42.6 cm³/mol. The third-order valence-corrected chi connectivity index (χ3v) is 2.38. The summed E-state index contributed by atoms with van der Waals surface area (Å²) in [4.78, 5) is 5.14. The summed E-state index contributed by atoms with van der Waals surface area (Å²) in [6, 6.07) is 0. The van der Waals surface area contributed by atoms with Crippen LogP contribution in [0, 0.1) is 6.92 Å². The van der Waals surface area contributed by atoms with Gasteiger partial charge in [-0.2, -0.15) is 0 Å². The minimum Gasteiger partial charge on any atom is -0.379 e. The van der Waals surface area contributed by atoms with Gasteiger partial charge in [-0.3, -0.25) is 0 Å². The first-order chi connectivity index (χ1) is 4.74. The second-order valence-electron chi connectivity index (χ2n) is 1.91. The maximum absolute atomic E-state index is 5.65. The van der Waals surface area contributed by atoms with Crippen molar-refractivity contribution in [2.75, 3.05) is 7.11 Å². The average Bonchev–Trinajstić information content (AvgIpc) is 2.13. The summed E-state index contributed by atoms with van der Waals surface area (Å²) in [7, 11) is 1.66. The molecular weight excluding hydrogens is 170 g/mol. The molecule has 0 radical (unpaired) electrons. The lowest BCUT2D eigenvalue weighted by Crippen LogP contribution is -1.85. The first-order valence-electron chi connectivity index (χ1n) is 2.84. The normalized spacial score (nSPS) is 10.3. The molecule has 0 saturated carbocycles. The van der Waals surface area contributed by atoms with Gasteiger partial charge >= 0.3 is 0 Å². The Morgan fingerprint density at radius 3 is 2.80 bits per heavy atom. The molecule has 0 spiro atoms. The van der Waals surface area contributed by atoms with Crippen molar-refractivity contribution >= 4 is 22.9 Å². The molecule has 4 heteroatoms. The Balaban J connectivity index is 2.81. The standard InChI is InChI=1S/C6H8ClNOS/c1-4-5(3-9-2)10-6(7)8-4/h3H2,1-2H3. The Labute approximate surface area is 68.8 Å². The van der Waals surface area contributed by atoms with Gasteiger partial charge in [-0.1, -0.05) is 11.6 Å². The van der Waals surface area contributed by atoms with Crippen LogP contribution >= 0.6 is 22.9 Å². The van der Waals surface area contributed by atoms with E-state index in [4.69, 9.17) is 16.3 Å². The largest absolute Gasteiger partial charge is 0.379 e. The van der Waals surface area contributed by atoms with Gasteiger partial charge in [0.05, 0.1) is 17.2 Å². The molecule has 10 heavy (non-hydrogen) atoms. The fourth-order valence-electron chi connectivity index (χ4n) is 0.658. The molecule has 0 unspecified atom stereocenters. The number of rotatable bonds is 2. The Hall–Kier alpha value is -0.120. The minimum atomic E-state index is 0.588. The van der Waals surface area contributed by atoms with E-state index in [2.05, 4.69) is 4.98 Å². The van der Waals surface area contributed by atoms with Crippen LogP contribution in [-0.4, -0.2) is 12.1 Å². The minimum absolute atomic E-state index is 0.588. The highest BCUT2D eigenvalue weighted by molar-refractivity contribution is 7.15. The lowest BCUT2D eigenvalue weighted by Gasteiger charge is -1.92. The van der Waals surface area contributed by atoms with Crippen LogP contribution in [0.3, 0.4) is 0 Å². The highest BCUT2D eigenvalue weighted by Gasteiger charge is 2.03. The number of aryl methyl sites for hydroxylation is 1. The number of ether oxygens (including phenoxy) is 1. The fourth-order valence-corrected chi connectivity index (χ4v) is 1.82. The van der Waals surface area contributed by atoms with E-state index in [1.807, 2.05) is 6.92 Å². The number of thiazole rings is 1. The molecule has 1 aromatic rings. The van der Waals surface area contributed by atoms with E-state index in [1.165, 1.54) is 11.3 Å². The topological polar surface area (TPSA) is 22.1 Å². The summed E-state index contributed by atoms with van der Waals surface area (Å²) < 4.78 is 5.52. The molecule has 1 heterocycles. The predicted octanol–water partition coefficient (Wildman–Crippen LogP) is 2.25. The quantitative estimate of drug-likeness (QED) is 0.692. The second-order valence-corrected chi connectivity index (χ2v) is 3.57. The SMILES string of the molecule is COCc1sc(Cl)nc1C. The third-order valence-electron chi connectivity index (χ3n) is 1.14. The summed E-state index contributed by atoms with van der Waals surface area (Å²) >= 11 is 7.12. The zero-order valence-corrected chi connectivity index (χ0v) is 7.42. The molecule has 0 aliphatic heterocycles. The highest BCUT2D eigenvalue weighted by atomic mass is 35.5. The first-order valence-corrected chi connectivity index (χ1v) is 4.04. The Bertz CT molecular complexity index is 224. The molecule has 0 atom stereocenters. The molecule has 0 amide bonds. The van der Waals surface area contributed by atoms with Crippen molar-refractivity contribution in [1.29, 1.82) is 0 Å². The van der Waals surface area contributed by atoms with Crippen molar-refractivity contribution in [2.45, 2.75) is 13.5 Å². The average molecular weight is 178 g/mol. The van der Waals surface area contributed by atoms with Gasteiger partial charge in [0, 0.05) is 7.11 Å². The van der Waals surface area contributed by atoms with Gasteiger partial charge in [0.1, 0.15) is 0 Å². The summed E-state index contributed by atoms with van der Waals surface area (Å²) in [5.74, 6) is 0. The lowest BCUT2D eigenvalue weighted by atomic mass is 10.4. The van der Waals surface area contributed by atoms with Crippen LogP contribution in [-0.2, 0) is 11.3 Å². The van der Waals surface area contributed by atoms with E-state index in [1.54, 1.807) is 7.11 Å². The van der Waals surface area contributed by atoms with Gasteiger partial charge < -0.3 is 4.74 Å². The molecule has 0 fully saturated rings. The van der Waals surface area contributed by atoms with Gasteiger partial charge in [-0.15, -0.1) is 11.3 Å². The van der Waals surface area contributed by atoms with E-state index in [0.717, 1.165) is 10.6 Å². The number of hydrogen-bond donors (Lipinski definition) is 0. The monoisotopic (exact) mass is 177 g/mol. The molecule has 0 aliphatic carbocycles. The van der Waals surface area contributed by atoms with E-state index in [-0.39, 0.29) is 0 Å². The summed E-state index contributed by atoms with van der Waals surface area (Å²) in [6.07, 6.45) is 0. The van der Waals surface area contributed by atoms with Crippen LogP contribution in [0.2, 0.25) is 4.47 Å². The van der Waals surface area contributed by atoms with Gasteiger partial charge in [0.2, 0.25) is 0 Å². The van der Waals surface area contributed by atoms with Crippen molar-refractivity contribution in [3.63, 3.8) is 0 Å². The van der Waals surface area contributed by atoms with Crippen molar-refractivity contribution in [3.8, 4) is 0 Å². The highest BCUT2D eigenvalue weighted by Crippen LogP contribution is 2.22. The van der Waals surface area contributed by atoms with Crippen molar-refractivity contribution in [1.82, 2.24) is 4.98 Å². The molecule has 56 valence electrons. The van der Waals surface area contributed by atoms with Crippen LogP contribution in [0.1, 0.15) is 10.6 Å². The van der Waals surface area contributed by atoms with Crippen LogP contribution in [0.4, 0.5) is 0 Å².